The zero-order valence-corrected chi connectivity index (χ0v) is 16.4. The molecule has 7 heteroatoms. The molecule has 0 spiro atoms. The molecule has 0 aliphatic carbocycles. The topological polar surface area (TPSA) is 74.8 Å². The first-order chi connectivity index (χ1) is 13.1. The Morgan fingerprint density at radius 3 is 2.78 bits per heavy atom. The van der Waals surface area contributed by atoms with Crippen LogP contribution in [-0.4, -0.2) is 37.5 Å². The van der Waals surface area contributed by atoms with Crippen molar-refractivity contribution < 1.29 is 4.79 Å². The molecule has 6 nitrogen and oxygen atoms in total. The number of fused-ring (bicyclic) bond motifs is 1. The highest BCUT2D eigenvalue weighted by molar-refractivity contribution is 6.34. The van der Waals surface area contributed by atoms with Gasteiger partial charge in [-0.2, -0.15) is 5.10 Å². The van der Waals surface area contributed by atoms with Gasteiger partial charge < -0.3 is 4.90 Å². The number of amides is 1. The van der Waals surface area contributed by atoms with Crippen LogP contribution in [0, 0.1) is 6.92 Å². The molecule has 0 saturated carbocycles. The van der Waals surface area contributed by atoms with Crippen LogP contribution in [0.25, 0.3) is 11.4 Å². The molecule has 3 heterocycles. The first-order valence-corrected chi connectivity index (χ1v) is 9.40. The van der Waals surface area contributed by atoms with Gasteiger partial charge in [0.25, 0.3) is 5.91 Å². The first kappa shape index (κ1) is 19.0. The number of carbonyl (C=O) groups excluding carboxylic acids is 1. The van der Waals surface area contributed by atoms with Crippen molar-refractivity contribution in [2.24, 2.45) is 0 Å². The van der Waals surface area contributed by atoms with Crippen molar-refractivity contribution in [2.75, 3.05) is 6.54 Å². The van der Waals surface area contributed by atoms with Crippen molar-refractivity contribution in [3.63, 3.8) is 0 Å². The van der Waals surface area contributed by atoms with E-state index in [0.717, 1.165) is 28.2 Å². The van der Waals surface area contributed by atoms with Crippen molar-refractivity contribution >= 4 is 17.5 Å². The van der Waals surface area contributed by atoms with E-state index in [1.54, 1.807) is 17.2 Å². The summed E-state index contributed by atoms with van der Waals surface area (Å²) in [5.74, 6) is -0.0685. The number of rotatable bonds is 2. The number of benzene rings is 1. The number of hydrogen-bond donors (Lipinski definition) is 1. The van der Waals surface area contributed by atoms with E-state index in [1.165, 1.54) is 6.33 Å². The maximum absolute atomic E-state index is 12.9. The standard InChI is InChI=1S/C18H16ClN5O.C2H6/c1-11-3-2-4-13(16(11)19)18(25)24-8-6-12-15(9-24)20-10-21-17(12)14-5-7-22-23-14;1-2/h2-5,7,10H,6,8-9H2,1H3,(H,22,23);1-2H3. The van der Waals surface area contributed by atoms with E-state index < -0.39 is 0 Å². The number of H-pyrrole nitrogens is 1. The molecule has 0 radical (unpaired) electrons. The van der Waals surface area contributed by atoms with Crippen LogP contribution >= 0.6 is 11.6 Å². The van der Waals surface area contributed by atoms with Crippen LogP contribution in [0.15, 0.2) is 36.8 Å². The fourth-order valence-electron chi connectivity index (χ4n) is 3.13. The second-order valence-corrected chi connectivity index (χ2v) is 6.41. The summed E-state index contributed by atoms with van der Waals surface area (Å²) in [5, 5.41) is 7.44. The van der Waals surface area contributed by atoms with Crippen molar-refractivity contribution in [2.45, 2.75) is 33.7 Å². The third-order valence-electron chi connectivity index (χ3n) is 4.47. The monoisotopic (exact) mass is 383 g/mol. The summed E-state index contributed by atoms with van der Waals surface area (Å²) in [4.78, 5) is 23.4. The second kappa shape index (κ2) is 8.31. The van der Waals surface area contributed by atoms with Gasteiger partial charge in [-0.25, -0.2) is 9.97 Å². The Morgan fingerprint density at radius 1 is 1.22 bits per heavy atom. The van der Waals surface area contributed by atoms with Gasteiger partial charge in [-0.15, -0.1) is 0 Å². The third kappa shape index (κ3) is 3.71. The lowest BCUT2D eigenvalue weighted by Gasteiger charge is -2.29. The number of aryl methyl sites for hydroxylation is 1. The summed E-state index contributed by atoms with van der Waals surface area (Å²) < 4.78 is 0. The largest absolute Gasteiger partial charge is 0.332 e. The smallest absolute Gasteiger partial charge is 0.255 e. The Bertz CT molecular complexity index is 940. The Hall–Kier alpha value is -2.73. The van der Waals surface area contributed by atoms with Gasteiger partial charge in [-0.1, -0.05) is 37.6 Å². The average Bonchev–Trinajstić information content (AvgIpc) is 3.25. The predicted molar refractivity (Wildman–Crippen MR) is 106 cm³/mol. The molecule has 1 amide bonds. The van der Waals surface area contributed by atoms with E-state index in [2.05, 4.69) is 20.2 Å². The summed E-state index contributed by atoms with van der Waals surface area (Å²) in [6.07, 6.45) is 3.92. The normalized spacial score (nSPS) is 12.8. The maximum Gasteiger partial charge on any atom is 0.255 e. The van der Waals surface area contributed by atoms with Crippen molar-refractivity contribution in [3.8, 4) is 11.4 Å². The molecule has 0 unspecified atom stereocenters. The Kier molecular flexibility index (Phi) is 5.86. The number of aromatic amines is 1. The molecule has 27 heavy (non-hydrogen) atoms. The van der Waals surface area contributed by atoms with Gasteiger partial charge in [-0.05, 0) is 31.0 Å². The minimum Gasteiger partial charge on any atom is -0.332 e. The van der Waals surface area contributed by atoms with E-state index in [-0.39, 0.29) is 5.91 Å². The van der Waals surface area contributed by atoms with Gasteiger partial charge in [-0.3, -0.25) is 9.89 Å². The van der Waals surface area contributed by atoms with E-state index in [9.17, 15) is 4.79 Å². The van der Waals surface area contributed by atoms with Gasteiger partial charge in [0.2, 0.25) is 0 Å². The number of nitrogens with zero attached hydrogens (tertiary/aromatic N) is 4. The predicted octanol–water partition coefficient (Wildman–Crippen LogP) is 4.05. The van der Waals surface area contributed by atoms with Gasteiger partial charge in [0.15, 0.2) is 0 Å². The minimum atomic E-state index is -0.0685. The number of aromatic nitrogens is 4. The fourth-order valence-corrected chi connectivity index (χ4v) is 3.34. The Morgan fingerprint density at radius 2 is 2.04 bits per heavy atom. The van der Waals surface area contributed by atoms with E-state index >= 15 is 0 Å². The molecule has 1 aliphatic rings. The maximum atomic E-state index is 12.9. The number of halogens is 1. The van der Waals surface area contributed by atoms with E-state index in [1.807, 2.05) is 39.0 Å². The number of nitrogens with one attached hydrogen (secondary N) is 1. The fraction of sp³-hybridized carbons (Fsp3) is 0.300. The molecule has 0 fully saturated rings. The Balaban J connectivity index is 0.00000102. The summed E-state index contributed by atoms with van der Waals surface area (Å²) in [7, 11) is 0. The summed E-state index contributed by atoms with van der Waals surface area (Å²) in [6.45, 7) is 6.95. The molecular formula is C20H22ClN5O. The SMILES string of the molecule is CC.Cc1cccc(C(=O)N2CCc3c(ncnc3-c3ccn[nH]3)C2)c1Cl. The zero-order chi connectivity index (χ0) is 19.4. The van der Waals surface area contributed by atoms with E-state index in [4.69, 9.17) is 11.6 Å². The van der Waals surface area contributed by atoms with Gasteiger partial charge >= 0.3 is 0 Å². The molecule has 1 N–H and O–H groups in total. The molecule has 1 aliphatic heterocycles. The number of carbonyl (C=O) groups is 1. The summed E-state index contributed by atoms with van der Waals surface area (Å²) in [6, 6.07) is 7.40. The van der Waals surface area contributed by atoms with Crippen molar-refractivity contribution in [1.82, 2.24) is 25.1 Å². The van der Waals surface area contributed by atoms with Crippen LogP contribution in [0.4, 0.5) is 0 Å². The van der Waals surface area contributed by atoms with Crippen molar-refractivity contribution in [3.05, 3.63) is 64.2 Å². The van der Waals surface area contributed by atoms with Crippen LogP contribution in [0.1, 0.15) is 41.0 Å². The Labute approximate surface area is 163 Å². The van der Waals surface area contributed by atoms with Gasteiger partial charge in [0.05, 0.1) is 34.2 Å². The summed E-state index contributed by atoms with van der Waals surface area (Å²) >= 11 is 6.32. The molecule has 4 rings (SSSR count). The zero-order valence-electron chi connectivity index (χ0n) is 15.7. The highest BCUT2D eigenvalue weighted by atomic mass is 35.5. The van der Waals surface area contributed by atoms with E-state index in [0.29, 0.717) is 30.1 Å². The van der Waals surface area contributed by atoms with Crippen LogP contribution in [0.2, 0.25) is 5.02 Å². The molecule has 0 saturated heterocycles. The molecular weight excluding hydrogens is 362 g/mol. The average molecular weight is 384 g/mol. The highest BCUT2D eigenvalue weighted by Crippen LogP contribution is 2.28. The van der Waals surface area contributed by atoms with Gasteiger partial charge in [0.1, 0.15) is 6.33 Å². The minimum absolute atomic E-state index is 0.0685. The molecule has 0 atom stereocenters. The second-order valence-electron chi connectivity index (χ2n) is 6.03. The highest BCUT2D eigenvalue weighted by Gasteiger charge is 2.26. The lowest BCUT2D eigenvalue weighted by molar-refractivity contribution is 0.0732. The number of hydrogen-bond acceptors (Lipinski definition) is 4. The van der Waals surface area contributed by atoms with Crippen LogP contribution in [0.3, 0.4) is 0 Å². The van der Waals surface area contributed by atoms with Gasteiger partial charge in [0, 0.05) is 18.3 Å². The third-order valence-corrected chi connectivity index (χ3v) is 4.97. The molecule has 2 aromatic heterocycles. The quantitative estimate of drug-likeness (QED) is 0.724. The molecule has 140 valence electrons. The van der Waals surface area contributed by atoms with Crippen molar-refractivity contribution in [1.29, 1.82) is 0 Å². The van der Waals surface area contributed by atoms with Crippen LogP contribution in [0.5, 0.6) is 0 Å². The van der Waals surface area contributed by atoms with Crippen LogP contribution in [-0.2, 0) is 13.0 Å². The lowest BCUT2D eigenvalue weighted by atomic mass is 10.0. The molecule has 3 aromatic rings. The first-order valence-electron chi connectivity index (χ1n) is 9.02. The summed E-state index contributed by atoms with van der Waals surface area (Å²) in [5.41, 5.74) is 5.07. The molecule has 0 bridgehead atoms. The molecule has 1 aromatic carbocycles. The lowest BCUT2D eigenvalue weighted by Crippen LogP contribution is -2.37. The van der Waals surface area contributed by atoms with Crippen LogP contribution < -0.4 is 0 Å².